The van der Waals surface area contributed by atoms with Crippen molar-refractivity contribution < 1.29 is 9.84 Å². The van der Waals surface area contributed by atoms with Gasteiger partial charge in [0.15, 0.2) is 0 Å². The molecule has 0 aliphatic carbocycles. The summed E-state index contributed by atoms with van der Waals surface area (Å²) in [6, 6.07) is 16.0. The van der Waals surface area contributed by atoms with Gasteiger partial charge in [0.1, 0.15) is 11.9 Å². The topological polar surface area (TPSA) is 41.5 Å². The molecule has 1 fully saturated rings. The number of piperidine rings is 1. The van der Waals surface area contributed by atoms with E-state index in [-0.39, 0.29) is 11.7 Å². The predicted molar refractivity (Wildman–Crippen MR) is 81.3 cm³/mol. The maximum atomic E-state index is 9.88. The summed E-state index contributed by atoms with van der Waals surface area (Å²) in [4.78, 5) is 0. The fourth-order valence-corrected chi connectivity index (χ4v) is 3.63. The quantitative estimate of drug-likeness (QED) is 0.844. The molecule has 21 heavy (non-hydrogen) atoms. The minimum atomic E-state index is -0.200. The number of fused-ring (bicyclic) bond motifs is 2. The number of rotatable bonds is 1. The van der Waals surface area contributed by atoms with Crippen molar-refractivity contribution in [2.24, 2.45) is 0 Å². The van der Waals surface area contributed by atoms with Gasteiger partial charge in [0.05, 0.1) is 5.60 Å². The summed E-state index contributed by atoms with van der Waals surface area (Å²) in [6.07, 6.45) is 1.88. The molecule has 2 heterocycles. The summed E-state index contributed by atoms with van der Waals surface area (Å²) in [5.74, 6) is 0.310. The first kappa shape index (κ1) is 12.9. The minimum Gasteiger partial charge on any atom is -0.508 e. The SMILES string of the molecule is Oc1ccc2c(c1)C(c1ccccc1)OC21CCNCC1. The van der Waals surface area contributed by atoms with Gasteiger partial charge in [-0.05, 0) is 54.8 Å². The van der Waals surface area contributed by atoms with E-state index in [1.54, 1.807) is 6.07 Å². The van der Waals surface area contributed by atoms with Crippen LogP contribution in [0, 0.1) is 0 Å². The summed E-state index contributed by atoms with van der Waals surface area (Å²) < 4.78 is 6.55. The number of aromatic hydroxyl groups is 1. The van der Waals surface area contributed by atoms with Crippen molar-refractivity contribution in [1.82, 2.24) is 5.32 Å². The van der Waals surface area contributed by atoms with Crippen LogP contribution in [0.3, 0.4) is 0 Å². The molecule has 2 aliphatic rings. The molecule has 1 unspecified atom stereocenters. The van der Waals surface area contributed by atoms with Gasteiger partial charge in [0.2, 0.25) is 0 Å². The Kier molecular flexibility index (Phi) is 2.98. The van der Waals surface area contributed by atoms with E-state index in [2.05, 4.69) is 17.4 Å². The van der Waals surface area contributed by atoms with Crippen molar-refractivity contribution in [3.63, 3.8) is 0 Å². The van der Waals surface area contributed by atoms with Crippen LogP contribution >= 0.6 is 0 Å². The Balaban J connectivity index is 1.83. The first-order chi connectivity index (χ1) is 10.3. The van der Waals surface area contributed by atoms with Gasteiger partial charge in [-0.1, -0.05) is 36.4 Å². The number of nitrogens with one attached hydrogen (secondary N) is 1. The van der Waals surface area contributed by atoms with Crippen LogP contribution in [0.15, 0.2) is 48.5 Å². The number of benzene rings is 2. The molecular weight excluding hydrogens is 262 g/mol. The summed E-state index contributed by atoms with van der Waals surface area (Å²) in [6.45, 7) is 1.95. The van der Waals surface area contributed by atoms with Gasteiger partial charge in [-0.15, -0.1) is 0 Å². The third-order valence-corrected chi connectivity index (χ3v) is 4.67. The molecule has 1 spiro atoms. The maximum Gasteiger partial charge on any atom is 0.115 e. The van der Waals surface area contributed by atoms with Gasteiger partial charge < -0.3 is 15.2 Å². The van der Waals surface area contributed by atoms with Gasteiger partial charge in [-0.3, -0.25) is 0 Å². The highest BCUT2D eigenvalue weighted by atomic mass is 16.5. The summed E-state index contributed by atoms with van der Waals surface area (Å²) in [5.41, 5.74) is 3.31. The minimum absolute atomic E-state index is 0.0774. The van der Waals surface area contributed by atoms with Gasteiger partial charge >= 0.3 is 0 Å². The van der Waals surface area contributed by atoms with E-state index in [1.165, 1.54) is 5.56 Å². The highest BCUT2D eigenvalue weighted by molar-refractivity contribution is 5.47. The van der Waals surface area contributed by atoms with E-state index in [4.69, 9.17) is 4.74 Å². The molecule has 0 saturated carbocycles. The van der Waals surface area contributed by atoms with Crippen LogP contribution in [0.25, 0.3) is 0 Å². The molecular formula is C18H19NO2. The Morgan fingerprint density at radius 1 is 1.05 bits per heavy atom. The zero-order valence-electron chi connectivity index (χ0n) is 11.9. The fraction of sp³-hybridized carbons (Fsp3) is 0.333. The van der Waals surface area contributed by atoms with Gasteiger partial charge in [0, 0.05) is 0 Å². The molecule has 3 nitrogen and oxygen atoms in total. The first-order valence-corrected chi connectivity index (χ1v) is 7.55. The Morgan fingerprint density at radius 3 is 2.57 bits per heavy atom. The molecule has 2 aromatic rings. The second-order valence-electron chi connectivity index (χ2n) is 5.92. The number of phenols is 1. The lowest BCUT2D eigenvalue weighted by Gasteiger charge is -2.34. The molecule has 2 N–H and O–H groups in total. The summed E-state index contributed by atoms with van der Waals surface area (Å²) in [5, 5.41) is 13.3. The van der Waals surface area contributed by atoms with E-state index >= 15 is 0 Å². The Labute approximate surface area is 124 Å². The Morgan fingerprint density at radius 2 is 1.81 bits per heavy atom. The zero-order chi connectivity index (χ0) is 14.3. The molecule has 2 aliphatic heterocycles. The predicted octanol–water partition coefficient (Wildman–Crippen LogP) is 3.09. The van der Waals surface area contributed by atoms with Crippen LogP contribution in [-0.2, 0) is 10.3 Å². The van der Waals surface area contributed by atoms with E-state index in [0.717, 1.165) is 37.1 Å². The largest absolute Gasteiger partial charge is 0.508 e. The van der Waals surface area contributed by atoms with Crippen molar-refractivity contribution in [3.8, 4) is 5.75 Å². The standard InChI is InChI=1S/C18H19NO2/c20-14-6-7-16-15(12-14)17(13-4-2-1-3-5-13)21-18(16)8-10-19-11-9-18/h1-7,12,17,19-20H,8-11H2. The number of phenolic OH excluding ortho intramolecular Hbond substituents is 1. The van der Waals surface area contributed by atoms with Crippen molar-refractivity contribution in [1.29, 1.82) is 0 Å². The Hall–Kier alpha value is -1.84. The highest BCUT2D eigenvalue weighted by Gasteiger charge is 2.45. The molecule has 1 atom stereocenters. The van der Waals surface area contributed by atoms with Gasteiger partial charge in [-0.2, -0.15) is 0 Å². The molecule has 2 aromatic carbocycles. The first-order valence-electron chi connectivity index (χ1n) is 7.55. The van der Waals surface area contributed by atoms with Crippen molar-refractivity contribution in [2.75, 3.05) is 13.1 Å². The van der Waals surface area contributed by atoms with E-state index in [9.17, 15) is 5.11 Å². The van der Waals surface area contributed by atoms with Crippen molar-refractivity contribution in [3.05, 3.63) is 65.2 Å². The average molecular weight is 281 g/mol. The lowest BCUT2D eigenvalue weighted by molar-refractivity contribution is -0.0798. The molecule has 108 valence electrons. The van der Waals surface area contributed by atoms with Crippen molar-refractivity contribution in [2.45, 2.75) is 24.5 Å². The van der Waals surface area contributed by atoms with Crippen LogP contribution < -0.4 is 5.32 Å². The molecule has 4 rings (SSSR count). The molecule has 3 heteroatoms. The van der Waals surface area contributed by atoms with E-state index in [0.29, 0.717) is 5.75 Å². The van der Waals surface area contributed by atoms with Gasteiger partial charge in [0.25, 0.3) is 0 Å². The molecule has 0 radical (unpaired) electrons. The third-order valence-electron chi connectivity index (χ3n) is 4.67. The molecule has 0 aromatic heterocycles. The smallest absolute Gasteiger partial charge is 0.115 e. The second-order valence-corrected chi connectivity index (χ2v) is 5.92. The third kappa shape index (κ3) is 2.04. The highest BCUT2D eigenvalue weighted by Crippen LogP contribution is 2.51. The molecule has 1 saturated heterocycles. The van der Waals surface area contributed by atoms with Crippen LogP contribution in [0.1, 0.15) is 35.6 Å². The lowest BCUT2D eigenvalue weighted by atomic mass is 9.83. The summed E-state index contributed by atoms with van der Waals surface area (Å²) in [7, 11) is 0. The zero-order valence-corrected chi connectivity index (χ0v) is 11.9. The second kappa shape index (κ2) is 4.86. The summed E-state index contributed by atoms with van der Waals surface area (Å²) >= 11 is 0. The fourth-order valence-electron chi connectivity index (χ4n) is 3.63. The normalized spacial score (nSPS) is 23.1. The number of ether oxygens (including phenoxy) is 1. The average Bonchev–Trinajstić information content (AvgIpc) is 2.83. The van der Waals surface area contributed by atoms with E-state index < -0.39 is 0 Å². The number of hydrogen-bond donors (Lipinski definition) is 2. The van der Waals surface area contributed by atoms with Crippen LogP contribution in [-0.4, -0.2) is 18.2 Å². The number of hydrogen-bond acceptors (Lipinski definition) is 3. The monoisotopic (exact) mass is 281 g/mol. The molecule has 0 bridgehead atoms. The molecule has 0 amide bonds. The maximum absolute atomic E-state index is 9.88. The van der Waals surface area contributed by atoms with Crippen LogP contribution in [0.2, 0.25) is 0 Å². The lowest BCUT2D eigenvalue weighted by Crippen LogP contribution is -2.39. The van der Waals surface area contributed by atoms with E-state index in [1.807, 2.05) is 30.3 Å². The van der Waals surface area contributed by atoms with Crippen LogP contribution in [0.5, 0.6) is 5.75 Å². The van der Waals surface area contributed by atoms with Gasteiger partial charge in [-0.25, -0.2) is 0 Å². The van der Waals surface area contributed by atoms with Crippen molar-refractivity contribution >= 4 is 0 Å². The van der Waals surface area contributed by atoms with Crippen LogP contribution in [0.4, 0.5) is 0 Å². The Bertz CT molecular complexity index is 648.